The van der Waals surface area contributed by atoms with E-state index in [1.54, 1.807) is 0 Å². The highest BCUT2D eigenvalue weighted by Crippen LogP contribution is 2.31. The quantitative estimate of drug-likeness (QED) is 0.784. The number of carbonyl (C=O) groups excluding carboxylic acids is 1. The van der Waals surface area contributed by atoms with E-state index in [9.17, 15) is 4.79 Å². The van der Waals surface area contributed by atoms with Crippen LogP contribution in [0.15, 0.2) is 5.38 Å². The number of thiazole rings is 1. The van der Waals surface area contributed by atoms with Crippen molar-refractivity contribution < 1.29 is 14.3 Å². The van der Waals surface area contributed by atoms with Gasteiger partial charge in [0.05, 0.1) is 18.4 Å². The Morgan fingerprint density at radius 3 is 2.76 bits per heavy atom. The summed E-state index contributed by atoms with van der Waals surface area (Å²) in [7, 11) is 0. The van der Waals surface area contributed by atoms with E-state index in [0.717, 1.165) is 30.3 Å². The van der Waals surface area contributed by atoms with E-state index >= 15 is 0 Å². The van der Waals surface area contributed by atoms with Crippen LogP contribution in [-0.2, 0) is 19.7 Å². The number of aromatic nitrogens is 1. The maximum absolute atomic E-state index is 12.0. The number of esters is 1. The van der Waals surface area contributed by atoms with E-state index in [2.05, 4.69) is 10.3 Å². The number of hydrogen-bond acceptors (Lipinski definition) is 6. The van der Waals surface area contributed by atoms with Gasteiger partial charge in [-0.15, -0.1) is 11.3 Å². The van der Waals surface area contributed by atoms with Crippen LogP contribution in [0.25, 0.3) is 0 Å². The minimum atomic E-state index is -0.708. The molecule has 6 heteroatoms. The molecule has 1 aliphatic rings. The van der Waals surface area contributed by atoms with Gasteiger partial charge >= 0.3 is 5.97 Å². The molecule has 118 valence electrons. The number of nitrogens with zero attached hydrogens (tertiary/aromatic N) is 1. The summed E-state index contributed by atoms with van der Waals surface area (Å²) >= 11 is 1.53. The monoisotopic (exact) mass is 312 g/mol. The maximum Gasteiger partial charge on any atom is 0.317 e. The smallest absolute Gasteiger partial charge is 0.317 e. The molecule has 0 radical (unpaired) electrons. The van der Waals surface area contributed by atoms with Crippen LogP contribution < -0.4 is 5.32 Å². The van der Waals surface area contributed by atoms with Gasteiger partial charge in [0, 0.05) is 18.0 Å². The lowest BCUT2D eigenvalue weighted by Gasteiger charge is -2.35. The molecule has 1 aromatic heterocycles. The Morgan fingerprint density at radius 1 is 1.43 bits per heavy atom. The van der Waals surface area contributed by atoms with Crippen LogP contribution in [0, 0.1) is 0 Å². The van der Waals surface area contributed by atoms with Gasteiger partial charge < -0.3 is 14.8 Å². The zero-order valence-corrected chi connectivity index (χ0v) is 14.0. The van der Waals surface area contributed by atoms with Gasteiger partial charge in [0.2, 0.25) is 0 Å². The Labute approximate surface area is 130 Å². The number of rotatable bonds is 7. The van der Waals surface area contributed by atoms with Crippen molar-refractivity contribution in [2.45, 2.75) is 58.1 Å². The SMILES string of the molecule is CCOC(=O)C(C)(C)c1csc(NC2CC(OCC)C2)n1. The second kappa shape index (κ2) is 6.75. The third-order valence-corrected chi connectivity index (χ3v) is 4.53. The van der Waals surface area contributed by atoms with Crippen LogP contribution >= 0.6 is 11.3 Å². The number of hydrogen-bond donors (Lipinski definition) is 1. The molecule has 21 heavy (non-hydrogen) atoms. The molecule has 1 aromatic rings. The molecule has 1 N–H and O–H groups in total. The van der Waals surface area contributed by atoms with Gasteiger partial charge in [-0.3, -0.25) is 4.79 Å². The molecule has 5 nitrogen and oxygen atoms in total. The summed E-state index contributed by atoms with van der Waals surface area (Å²) in [5, 5.41) is 6.20. The van der Waals surface area contributed by atoms with Crippen LogP contribution in [0.1, 0.15) is 46.2 Å². The lowest BCUT2D eigenvalue weighted by molar-refractivity contribution is -0.148. The Hall–Kier alpha value is -1.14. The molecular weight excluding hydrogens is 288 g/mol. The van der Waals surface area contributed by atoms with Crippen molar-refractivity contribution in [3.63, 3.8) is 0 Å². The average Bonchev–Trinajstić information content (AvgIpc) is 2.86. The first kappa shape index (κ1) is 16.2. The Morgan fingerprint density at radius 2 is 2.14 bits per heavy atom. The molecular formula is C15H24N2O3S. The van der Waals surface area contributed by atoms with Crippen LogP contribution in [0.3, 0.4) is 0 Å². The Balaban J connectivity index is 1.91. The fourth-order valence-electron chi connectivity index (χ4n) is 2.27. The number of nitrogens with one attached hydrogen (secondary N) is 1. The summed E-state index contributed by atoms with van der Waals surface area (Å²) in [6, 6.07) is 0.422. The van der Waals surface area contributed by atoms with Crippen molar-refractivity contribution >= 4 is 22.4 Å². The standard InChI is InChI=1S/C15H24N2O3S/c1-5-19-11-7-10(8-11)16-14-17-12(9-21-14)15(3,4)13(18)20-6-2/h9-11H,5-8H2,1-4H3,(H,16,17). The topological polar surface area (TPSA) is 60.5 Å². The van der Waals surface area contributed by atoms with Crippen LogP contribution in [-0.4, -0.2) is 36.3 Å². The number of ether oxygens (including phenoxy) is 2. The molecule has 1 saturated carbocycles. The lowest BCUT2D eigenvalue weighted by atomic mass is 9.89. The Kier molecular flexibility index (Phi) is 5.22. The third kappa shape index (κ3) is 3.74. The van der Waals surface area contributed by atoms with Crippen LogP contribution in [0.2, 0.25) is 0 Å². The van der Waals surface area contributed by atoms with E-state index in [1.165, 1.54) is 11.3 Å². The van der Waals surface area contributed by atoms with E-state index in [4.69, 9.17) is 9.47 Å². The van der Waals surface area contributed by atoms with Gasteiger partial charge in [0.25, 0.3) is 0 Å². The first-order valence-electron chi connectivity index (χ1n) is 7.48. The first-order chi connectivity index (χ1) is 9.97. The molecule has 0 amide bonds. The van der Waals surface area contributed by atoms with Crippen LogP contribution in [0.4, 0.5) is 5.13 Å². The predicted molar refractivity (Wildman–Crippen MR) is 83.8 cm³/mol. The average molecular weight is 312 g/mol. The van der Waals surface area contributed by atoms with Crippen molar-refractivity contribution in [2.24, 2.45) is 0 Å². The molecule has 0 bridgehead atoms. The normalized spacial score (nSPS) is 21.7. The summed E-state index contributed by atoms with van der Waals surface area (Å²) in [4.78, 5) is 16.5. The highest BCUT2D eigenvalue weighted by Gasteiger charge is 2.35. The Bertz CT molecular complexity index is 481. The van der Waals surface area contributed by atoms with Crippen molar-refractivity contribution in [1.29, 1.82) is 0 Å². The molecule has 0 aliphatic heterocycles. The first-order valence-corrected chi connectivity index (χ1v) is 8.36. The van der Waals surface area contributed by atoms with Gasteiger partial charge in [-0.2, -0.15) is 0 Å². The second-order valence-electron chi connectivity index (χ2n) is 5.77. The molecule has 0 unspecified atom stereocenters. The lowest BCUT2D eigenvalue weighted by Crippen LogP contribution is -2.40. The maximum atomic E-state index is 12.0. The molecule has 0 atom stereocenters. The molecule has 2 rings (SSSR count). The summed E-state index contributed by atoms with van der Waals surface area (Å²) < 4.78 is 10.7. The van der Waals surface area contributed by atoms with Crippen LogP contribution in [0.5, 0.6) is 0 Å². The van der Waals surface area contributed by atoms with Gasteiger partial charge in [-0.05, 0) is 40.5 Å². The minimum absolute atomic E-state index is 0.234. The zero-order valence-electron chi connectivity index (χ0n) is 13.1. The summed E-state index contributed by atoms with van der Waals surface area (Å²) in [6.45, 7) is 8.68. The van der Waals surface area contributed by atoms with Gasteiger partial charge in [0.1, 0.15) is 5.41 Å². The highest BCUT2D eigenvalue weighted by molar-refractivity contribution is 7.13. The third-order valence-electron chi connectivity index (χ3n) is 3.76. The zero-order chi connectivity index (χ0) is 15.5. The van der Waals surface area contributed by atoms with Crippen molar-refractivity contribution in [2.75, 3.05) is 18.5 Å². The summed E-state index contributed by atoms with van der Waals surface area (Å²) in [5.41, 5.74) is 0.0500. The van der Waals surface area contributed by atoms with Gasteiger partial charge in [0.15, 0.2) is 5.13 Å². The molecule has 1 aliphatic carbocycles. The molecule has 0 spiro atoms. The predicted octanol–water partition coefficient (Wildman–Crippen LogP) is 2.96. The minimum Gasteiger partial charge on any atom is -0.465 e. The van der Waals surface area contributed by atoms with Gasteiger partial charge in [-0.25, -0.2) is 4.98 Å². The van der Waals surface area contributed by atoms with Gasteiger partial charge in [-0.1, -0.05) is 0 Å². The molecule has 0 aromatic carbocycles. The number of carbonyl (C=O) groups is 1. The largest absolute Gasteiger partial charge is 0.465 e. The van der Waals surface area contributed by atoms with E-state index < -0.39 is 5.41 Å². The van der Waals surface area contributed by atoms with E-state index in [1.807, 2.05) is 33.1 Å². The summed E-state index contributed by atoms with van der Waals surface area (Å²) in [5.74, 6) is -0.234. The fraction of sp³-hybridized carbons (Fsp3) is 0.733. The molecule has 0 saturated heterocycles. The van der Waals surface area contributed by atoms with Crippen molar-refractivity contribution in [1.82, 2.24) is 4.98 Å². The van der Waals surface area contributed by atoms with Crippen molar-refractivity contribution in [3.05, 3.63) is 11.1 Å². The van der Waals surface area contributed by atoms with E-state index in [0.29, 0.717) is 18.8 Å². The fourth-order valence-corrected chi connectivity index (χ4v) is 3.23. The molecule has 1 fully saturated rings. The van der Waals surface area contributed by atoms with Crippen molar-refractivity contribution in [3.8, 4) is 0 Å². The molecule has 1 heterocycles. The number of anilines is 1. The highest BCUT2D eigenvalue weighted by atomic mass is 32.1. The summed E-state index contributed by atoms with van der Waals surface area (Å²) in [6.07, 6.45) is 2.41. The second-order valence-corrected chi connectivity index (χ2v) is 6.63. The van der Waals surface area contributed by atoms with E-state index in [-0.39, 0.29) is 5.97 Å².